The fourth-order valence-electron chi connectivity index (χ4n) is 2.76. The summed E-state index contributed by atoms with van der Waals surface area (Å²) in [6.45, 7) is 1.54. The largest absolute Gasteiger partial charge is 0.496 e. The molecule has 0 heterocycles. The number of anilines is 1. The Kier molecular flexibility index (Phi) is 6.21. The Morgan fingerprint density at radius 1 is 1.00 bits per heavy atom. The third-order valence-electron chi connectivity index (χ3n) is 4.30. The van der Waals surface area contributed by atoms with Crippen molar-refractivity contribution in [2.45, 2.75) is 17.9 Å². The van der Waals surface area contributed by atoms with Crippen molar-refractivity contribution >= 4 is 40.1 Å². The van der Waals surface area contributed by atoms with Gasteiger partial charge >= 0.3 is 5.97 Å². The van der Waals surface area contributed by atoms with Gasteiger partial charge < -0.3 is 14.8 Å². The van der Waals surface area contributed by atoms with Gasteiger partial charge in [0.1, 0.15) is 11.3 Å². The molecule has 0 aliphatic carbocycles. The first-order chi connectivity index (χ1) is 13.5. The molecule has 144 valence electrons. The molecule has 0 spiro atoms. The second-order valence-electron chi connectivity index (χ2n) is 6.16. The van der Waals surface area contributed by atoms with E-state index in [0.717, 1.165) is 15.7 Å². The normalized spacial score (nSPS) is 11.7. The molecule has 0 aliphatic heterocycles. The van der Waals surface area contributed by atoms with Crippen LogP contribution in [0.3, 0.4) is 0 Å². The SMILES string of the molecule is COc1cc(SC)ccc1C(=O)O[C@@H](C)C(=O)Nc1ccc2ccccc2c1. The summed E-state index contributed by atoms with van der Waals surface area (Å²) in [7, 11) is 1.49. The zero-order chi connectivity index (χ0) is 20.1. The number of carbonyl (C=O) groups is 2. The Balaban J connectivity index is 1.68. The van der Waals surface area contributed by atoms with E-state index >= 15 is 0 Å². The molecular formula is C22H21NO4S. The smallest absolute Gasteiger partial charge is 0.342 e. The number of methoxy groups -OCH3 is 1. The number of rotatable bonds is 6. The van der Waals surface area contributed by atoms with Crippen molar-refractivity contribution in [3.05, 3.63) is 66.2 Å². The summed E-state index contributed by atoms with van der Waals surface area (Å²) in [6.07, 6.45) is 0.982. The van der Waals surface area contributed by atoms with Crippen LogP contribution < -0.4 is 10.1 Å². The second kappa shape index (κ2) is 8.80. The maximum atomic E-state index is 12.5. The number of amides is 1. The maximum absolute atomic E-state index is 12.5. The van der Waals surface area contributed by atoms with Gasteiger partial charge in [0, 0.05) is 10.6 Å². The average molecular weight is 395 g/mol. The third-order valence-corrected chi connectivity index (χ3v) is 5.02. The van der Waals surface area contributed by atoms with E-state index in [1.165, 1.54) is 14.0 Å². The van der Waals surface area contributed by atoms with Gasteiger partial charge in [0.15, 0.2) is 6.10 Å². The van der Waals surface area contributed by atoms with E-state index in [2.05, 4.69) is 5.32 Å². The first kappa shape index (κ1) is 19.8. The maximum Gasteiger partial charge on any atom is 0.342 e. The van der Waals surface area contributed by atoms with Crippen LogP contribution >= 0.6 is 11.8 Å². The molecule has 6 heteroatoms. The fourth-order valence-corrected chi connectivity index (χ4v) is 3.18. The summed E-state index contributed by atoms with van der Waals surface area (Å²) in [4.78, 5) is 25.9. The molecule has 1 amide bonds. The van der Waals surface area contributed by atoms with Gasteiger partial charge in [-0.05, 0) is 54.3 Å². The topological polar surface area (TPSA) is 64.6 Å². The zero-order valence-electron chi connectivity index (χ0n) is 15.9. The number of benzene rings is 3. The molecule has 3 aromatic rings. The third kappa shape index (κ3) is 4.46. The van der Waals surface area contributed by atoms with Crippen LogP contribution in [-0.4, -0.2) is 31.3 Å². The number of esters is 1. The van der Waals surface area contributed by atoms with Crippen LogP contribution in [0, 0.1) is 0 Å². The Bertz CT molecular complexity index is 1020. The summed E-state index contributed by atoms with van der Waals surface area (Å²) in [5.74, 6) is -0.590. The molecule has 28 heavy (non-hydrogen) atoms. The van der Waals surface area contributed by atoms with Crippen LogP contribution in [0.2, 0.25) is 0 Å². The van der Waals surface area contributed by atoms with Crippen LogP contribution in [0.4, 0.5) is 5.69 Å². The lowest BCUT2D eigenvalue weighted by atomic mass is 10.1. The highest BCUT2D eigenvalue weighted by atomic mass is 32.2. The number of hydrogen-bond acceptors (Lipinski definition) is 5. The molecule has 1 N–H and O–H groups in total. The Labute approximate surface area is 168 Å². The van der Waals surface area contributed by atoms with E-state index in [1.54, 1.807) is 23.9 Å². The summed E-state index contributed by atoms with van der Waals surface area (Å²) in [5, 5.41) is 4.89. The summed E-state index contributed by atoms with van der Waals surface area (Å²) < 4.78 is 10.6. The number of hydrogen-bond donors (Lipinski definition) is 1. The molecule has 0 aliphatic rings. The predicted octanol–water partition coefficient (Wildman–Crippen LogP) is 4.75. The van der Waals surface area contributed by atoms with Gasteiger partial charge in [-0.1, -0.05) is 30.3 Å². The number of fused-ring (bicyclic) bond motifs is 1. The van der Waals surface area contributed by atoms with Crippen molar-refractivity contribution in [3.63, 3.8) is 0 Å². The first-order valence-corrected chi connectivity index (χ1v) is 9.97. The quantitative estimate of drug-likeness (QED) is 0.482. The monoisotopic (exact) mass is 395 g/mol. The highest BCUT2D eigenvalue weighted by Gasteiger charge is 2.21. The molecule has 1 atom stereocenters. The Hall–Kier alpha value is -2.99. The molecule has 5 nitrogen and oxygen atoms in total. The average Bonchev–Trinajstić information content (AvgIpc) is 2.72. The minimum atomic E-state index is -0.955. The van der Waals surface area contributed by atoms with E-state index < -0.39 is 18.0 Å². The van der Waals surface area contributed by atoms with Crippen molar-refractivity contribution in [2.24, 2.45) is 0 Å². The molecule has 3 rings (SSSR count). The molecule has 0 saturated carbocycles. The minimum absolute atomic E-state index is 0.283. The second-order valence-corrected chi connectivity index (χ2v) is 7.04. The van der Waals surface area contributed by atoms with Gasteiger partial charge in [0.25, 0.3) is 5.91 Å². The van der Waals surface area contributed by atoms with Crippen molar-refractivity contribution in [1.82, 2.24) is 0 Å². The highest BCUT2D eigenvalue weighted by Crippen LogP contribution is 2.26. The number of carbonyl (C=O) groups excluding carboxylic acids is 2. The van der Waals surface area contributed by atoms with Crippen molar-refractivity contribution < 1.29 is 19.1 Å². The van der Waals surface area contributed by atoms with Crippen molar-refractivity contribution in [1.29, 1.82) is 0 Å². The first-order valence-electron chi connectivity index (χ1n) is 8.74. The Morgan fingerprint density at radius 3 is 2.46 bits per heavy atom. The van der Waals surface area contributed by atoms with E-state index in [-0.39, 0.29) is 5.56 Å². The predicted molar refractivity (Wildman–Crippen MR) is 112 cm³/mol. The molecular weight excluding hydrogens is 374 g/mol. The lowest BCUT2D eigenvalue weighted by Gasteiger charge is -2.15. The van der Waals surface area contributed by atoms with Crippen molar-refractivity contribution in [3.8, 4) is 5.75 Å². The molecule has 0 saturated heterocycles. The molecule has 0 radical (unpaired) electrons. The lowest BCUT2D eigenvalue weighted by Crippen LogP contribution is -2.30. The molecule has 0 fully saturated rings. The molecule has 0 aromatic heterocycles. The number of ether oxygens (including phenoxy) is 2. The number of nitrogens with one attached hydrogen (secondary N) is 1. The van der Waals surface area contributed by atoms with Crippen LogP contribution in [0.1, 0.15) is 17.3 Å². The van der Waals surface area contributed by atoms with E-state index in [9.17, 15) is 9.59 Å². The fraction of sp³-hybridized carbons (Fsp3) is 0.182. The summed E-state index contributed by atoms with van der Waals surface area (Å²) in [5.41, 5.74) is 0.930. The van der Waals surface area contributed by atoms with Gasteiger partial charge in [-0.3, -0.25) is 4.79 Å². The number of thioether (sulfide) groups is 1. The standard InChI is InChI=1S/C22H21NO4S/c1-14(27-22(25)19-11-10-18(28-3)13-20(19)26-2)21(24)23-17-9-8-15-6-4-5-7-16(15)12-17/h4-14H,1-3H3,(H,23,24)/t14-/m0/s1. The highest BCUT2D eigenvalue weighted by molar-refractivity contribution is 7.98. The van der Waals surface area contributed by atoms with E-state index in [4.69, 9.17) is 9.47 Å². The molecule has 0 unspecified atom stereocenters. The Morgan fingerprint density at radius 2 is 1.75 bits per heavy atom. The van der Waals surface area contributed by atoms with E-state index in [1.807, 2.05) is 54.8 Å². The van der Waals surface area contributed by atoms with Gasteiger partial charge in [0.05, 0.1) is 7.11 Å². The van der Waals surface area contributed by atoms with Crippen LogP contribution in [-0.2, 0) is 9.53 Å². The zero-order valence-corrected chi connectivity index (χ0v) is 16.7. The van der Waals surface area contributed by atoms with Crippen LogP contribution in [0.5, 0.6) is 5.75 Å². The van der Waals surface area contributed by atoms with E-state index in [0.29, 0.717) is 11.4 Å². The van der Waals surface area contributed by atoms with Gasteiger partial charge in [-0.15, -0.1) is 11.8 Å². The molecule has 0 bridgehead atoms. The van der Waals surface area contributed by atoms with Gasteiger partial charge in [-0.25, -0.2) is 4.79 Å². The van der Waals surface area contributed by atoms with Gasteiger partial charge in [-0.2, -0.15) is 0 Å². The van der Waals surface area contributed by atoms with Crippen molar-refractivity contribution in [2.75, 3.05) is 18.7 Å². The van der Waals surface area contributed by atoms with Gasteiger partial charge in [0.2, 0.25) is 0 Å². The summed E-state index contributed by atoms with van der Waals surface area (Å²) in [6, 6.07) is 18.7. The lowest BCUT2D eigenvalue weighted by molar-refractivity contribution is -0.123. The summed E-state index contributed by atoms with van der Waals surface area (Å²) >= 11 is 1.54. The minimum Gasteiger partial charge on any atom is -0.496 e. The van der Waals surface area contributed by atoms with Crippen LogP contribution in [0.15, 0.2) is 65.6 Å². The van der Waals surface area contributed by atoms with Crippen LogP contribution in [0.25, 0.3) is 10.8 Å². The molecule has 3 aromatic carbocycles.